The summed E-state index contributed by atoms with van der Waals surface area (Å²) in [4.78, 5) is 5.21. The number of rotatable bonds is 5. The van der Waals surface area contributed by atoms with Crippen molar-refractivity contribution >= 4 is 24.8 Å². The molecule has 0 spiro atoms. The molecule has 2 heterocycles. The van der Waals surface area contributed by atoms with Gasteiger partial charge in [-0.2, -0.15) is 0 Å². The Balaban J connectivity index is 0.00000162. The van der Waals surface area contributed by atoms with Crippen LogP contribution in [0.3, 0.4) is 0 Å². The molecule has 1 N–H and O–H groups in total. The van der Waals surface area contributed by atoms with Crippen molar-refractivity contribution in [3.63, 3.8) is 0 Å². The van der Waals surface area contributed by atoms with Gasteiger partial charge in [-0.3, -0.25) is 0 Å². The van der Waals surface area contributed by atoms with Crippen molar-refractivity contribution in [3.8, 4) is 0 Å². The lowest BCUT2D eigenvalue weighted by molar-refractivity contribution is 0.176. The smallest absolute Gasteiger partial charge is 0.0218 e. The van der Waals surface area contributed by atoms with Crippen molar-refractivity contribution in [2.45, 2.75) is 44.6 Å². The quantitative estimate of drug-likeness (QED) is 0.841. The number of likely N-dealkylation sites (tertiary alicyclic amines) is 1. The molecule has 2 rings (SSSR count). The molecular weight excluding hydrogens is 281 g/mol. The van der Waals surface area contributed by atoms with Gasteiger partial charge in [-0.05, 0) is 71.9 Å². The summed E-state index contributed by atoms with van der Waals surface area (Å²) in [6.07, 6.45) is 8.36. The minimum absolute atomic E-state index is 0. The largest absolute Gasteiger partial charge is 0.315 e. The van der Waals surface area contributed by atoms with Gasteiger partial charge in [0.05, 0.1) is 0 Å². The van der Waals surface area contributed by atoms with Crippen molar-refractivity contribution < 1.29 is 0 Å². The summed E-state index contributed by atoms with van der Waals surface area (Å²) in [5.41, 5.74) is 0. The van der Waals surface area contributed by atoms with Crippen LogP contribution in [0.25, 0.3) is 0 Å². The molecule has 0 aromatic rings. The normalized spacial score (nSPS) is 24.6. The molecule has 1 atom stereocenters. The molecule has 0 saturated carbocycles. The van der Waals surface area contributed by atoms with Gasteiger partial charge >= 0.3 is 0 Å². The van der Waals surface area contributed by atoms with E-state index in [-0.39, 0.29) is 24.8 Å². The Kier molecular flexibility index (Phi) is 11.4. The van der Waals surface area contributed by atoms with Crippen LogP contribution in [0.15, 0.2) is 0 Å². The molecule has 0 amide bonds. The Morgan fingerprint density at radius 1 is 1.11 bits per heavy atom. The average molecular weight is 312 g/mol. The first-order chi connectivity index (χ1) is 8.36. The van der Waals surface area contributed by atoms with Gasteiger partial charge in [-0.15, -0.1) is 24.8 Å². The Hall–Kier alpha value is 0.460. The lowest BCUT2D eigenvalue weighted by atomic mass is 10.1. The molecule has 3 nitrogen and oxygen atoms in total. The maximum absolute atomic E-state index is 3.50. The van der Waals surface area contributed by atoms with E-state index in [9.17, 15) is 0 Å². The van der Waals surface area contributed by atoms with E-state index in [4.69, 9.17) is 0 Å². The Bertz CT molecular complexity index is 205. The maximum Gasteiger partial charge on any atom is 0.0218 e. The van der Waals surface area contributed by atoms with E-state index in [1.807, 2.05) is 0 Å². The highest BCUT2D eigenvalue weighted by Crippen LogP contribution is 2.11. The fourth-order valence-electron chi connectivity index (χ4n) is 3.12. The van der Waals surface area contributed by atoms with Gasteiger partial charge in [0.15, 0.2) is 0 Å². The van der Waals surface area contributed by atoms with Crippen molar-refractivity contribution in [1.82, 2.24) is 15.1 Å². The van der Waals surface area contributed by atoms with Gasteiger partial charge in [-0.25, -0.2) is 0 Å². The summed E-state index contributed by atoms with van der Waals surface area (Å²) < 4.78 is 0. The predicted octanol–water partition coefficient (Wildman–Crippen LogP) is 2.39. The molecule has 0 aromatic carbocycles. The zero-order chi connectivity index (χ0) is 11.9. The summed E-state index contributed by atoms with van der Waals surface area (Å²) >= 11 is 0. The van der Waals surface area contributed by atoms with Crippen LogP contribution in [0.1, 0.15) is 38.5 Å². The van der Waals surface area contributed by atoms with Crippen LogP contribution in [-0.2, 0) is 0 Å². The topological polar surface area (TPSA) is 18.5 Å². The van der Waals surface area contributed by atoms with Crippen molar-refractivity contribution in [1.29, 1.82) is 0 Å². The molecular formula is C14H31Cl2N3. The Morgan fingerprint density at radius 3 is 2.47 bits per heavy atom. The van der Waals surface area contributed by atoms with Crippen LogP contribution in [0.4, 0.5) is 0 Å². The van der Waals surface area contributed by atoms with E-state index in [2.05, 4.69) is 22.2 Å². The lowest BCUT2D eigenvalue weighted by Gasteiger charge is -2.32. The summed E-state index contributed by atoms with van der Waals surface area (Å²) in [6, 6.07) is 0.783. The molecule has 0 radical (unpaired) electrons. The van der Waals surface area contributed by atoms with E-state index >= 15 is 0 Å². The summed E-state index contributed by atoms with van der Waals surface area (Å²) in [5, 5.41) is 3.50. The molecule has 0 bridgehead atoms. The fraction of sp³-hybridized carbons (Fsp3) is 1.00. The fourth-order valence-corrected chi connectivity index (χ4v) is 3.12. The highest BCUT2D eigenvalue weighted by Gasteiger charge is 2.17. The summed E-state index contributed by atoms with van der Waals surface area (Å²) in [7, 11) is 2.30. The van der Waals surface area contributed by atoms with Crippen LogP contribution in [0, 0.1) is 0 Å². The molecule has 2 fully saturated rings. The van der Waals surface area contributed by atoms with Crippen LogP contribution >= 0.6 is 24.8 Å². The molecule has 1 unspecified atom stereocenters. The zero-order valence-electron chi connectivity index (χ0n) is 12.3. The zero-order valence-corrected chi connectivity index (χ0v) is 13.9. The molecule has 0 aliphatic carbocycles. The minimum atomic E-state index is 0. The number of halogens is 2. The van der Waals surface area contributed by atoms with Gasteiger partial charge in [0.25, 0.3) is 0 Å². The van der Waals surface area contributed by atoms with Gasteiger partial charge in [-0.1, -0.05) is 6.42 Å². The second-order valence-electron chi connectivity index (χ2n) is 5.74. The molecule has 19 heavy (non-hydrogen) atoms. The first-order valence-corrected chi connectivity index (χ1v) is 7.49. The molecule has 2 saturated heterocycles. The van der Waals surface area contributed by atoms with Crippen LogP contribution < -0.4 is 5.32 Å². The van der Waals surface area contributed by atoms with E-state index in [1.54, 1.807) is 0 Å². The third kappa shape index (κ3) is 7.14. The number of hydrogen-bond acceptors (Lipinski definition) is 3. The second-order valence-corrected chi connectivity index (χ2v) is 5.74. The number of likely N-dealkylation sites (N-methyl/N-ethyl adjacent to an activating group) is 1. The third-order valence-electron chi connectivity index (χ3n) is 4.33. The van der Waals surface area contributed by atoms with E-state index in [1.165, 1.54) is 77.8 Å². The minimum Gasteiger partial charge on any atom is -0.315 e. The monoisotopic (exact) mass is 311 g/mol. The first kappa shape index (κ1) is 19.5. The Labute approximate surface area is 131 Å². The van der Waals surface area contributed by atoms with Crippen LogP contribution in [-0.4, -0.2) is 62.2 Å². The lowest BCUT2D eigenvalue weighted by Crippen LogP contribution is -2.45. The summed E-state index contributed by atoms with van der Waals surface area (Å²) in [5.74, 6) is 0. The van der Waals surface area contributed by atoms with Gasteiger partial charge in [0.1, 0.15) is 0 Å². The third-order valence-corrected chi connectivity index (χ3v) is 4.33. The van der Waals surface area contributed by atoms with Crippen molar-refractivity contribution in [2.75, 3.05) is 46.3 Å². The van der Waals surface area contributed by atoms with Crippen LogP contribution in [0.2, 0.25) is 0 Å². The number of nitrogens with one attached hydrogen (secondary N) is 1. The highest BCUT2D eigenvalue weighted by molar-refractivity contribution is 5.85. The second kappa shape index (κ2) is 11.2. The van der Waals surface area contributed by atoms with Crippen molar-refractivity contribution in [2.24, 2.45) is 0 Å². The molecule has 2 aliphatic rings. The van der Waals surface area contributed by atoms with Gasteiger partial charge in [0, 0.05) is 12.6 Å². The first-order valence-electron chi connectivity index (χ1n) is 7.49. The average Bonchev–Trinajstić information content (AvgIpc) is 2.41. The maximum atomic E-state index is 3.50. The van der Waals surface area contributed by atoms with E-state index in [0.717, 1.165) is 6.04 Å². The molecule has 116 valence electrons. The number of hydrogen-bond donors (Lipinski definition) is 1. The number of piperidine rings is 2. The SMILES string of the molecule is CN(CCCN1CCCCC1)C1CCCNC1.Cl.Cl. The van der Waals surface area contributed by atoms with Gasteiger partial charge in [0.2, 0.25) is 0 Å². The van der Waals surface area contributed by atoms with E-state index < -0.39 is 0 Å². The standard InChI is InChI=1S/C14H29N3.2ClH/c1-16(14-7-5-8-15-13-14)9-6-12-17-10-3-2-4-11-17;;/h14-15H,2-13H2,1H3;2*1H. The Morgan fingerprint density at radius 2 is 1.84 bits per heavy atom. The van der Waals surface area contributed by atoms with Gasteiger partial charge < -0.3 is 15.1 Å². The highest BCUT2D eigenvalue weighted by atomic mass is 35.5. The molecule has 0 aromatic heterocycles. The summed E-state index contributed by atoms with van der Waals surface area (Å²) in [6.45, 7) is 7.68. The molecule has 2 aliphatic heterocycles. The predicted molar refractivity (Wildman–Crippen MR) is 87.9 cm³/mol. The number of nitrogens with zero attached hydrogens (tertiary/aromatic N) is 2. The van der Waals surface area contributed by atoms with E-state index in [0.29, 0.717) is 0 Å². The van der Waals surface area contributed by atoms with Crippen molar-refractivity contribution in [3.05, 3.63) is 0 Å². The van der Waals surface area contributed by atoms with Crippen LogP contribution in [0.5, 0.6) is 0 Å². The molecule has 5 heteroatoms.